The Kier molecular flexibility index (Phi) is 4.92. The predicted molar refractivity (Wildman–Crippen MR) is 113 cm³/mol. The van der Waals surface area contributed by atoms with Gasteiger partial charge in [0.05, 0.1) is 17.4 Å². The fraction of sp³-hybridized carbons (Fsp3) is 0.636. The number of carbonyl (C=O) groups excluding carboxylic acids is 2. The highest BCUT2D eigenvalue weighted by atomic mass is 35.5. The molecule has 0 heterocycles. The fourth-order valence-corrected chi connectivity index (χ4v) is 8.25. The summed E-state index contributed by atoms with van der Waals surface area (Å²) in [4.78, 5) is 25.9. The molecular weight excluding hydrogens is 440 g/mol. The van der Waals surface area contributed by atoms with Crippen LogP contribution in [0.1, 0.15) is 44.9 Å². The van der Waals surface area contributed by atoms with E-state index in [2.05, 4.69) is 10.0 Å². The highest BCUT2D eigenvalue weighted by Gasteiger charge is 2.61. The Morgan fingerprint density at radius 2 is 1.81 bits per heavy atom. The molecule has 7 nitrogen and oxygen atoms in total. The first-order valence-corrected chi connectivity index (χ1v) is 12.7. The highest BCUT2D eigenvalue weighted by molar-refractivity contribution is 7.89. The van der Waals surface area contributed by atoms with Crippen LogP contribution in [-0.2, 0) is 24.3 Å². The molecule has 2 atom stereocenters. The summed E-state index contributed by atoms with van der Waals surface area (Å²) in [5.41, 5.74) is -1.37. The maximum absolute atomic E-state index is 13.3. The number of methoxy groups -OCH3 is 1. The third kappa shape index (κ3) is 3.66. The second-order valence-electron chi connectivity index (χ2n) is 9.90. The smallest absolute Gasteiger partial charge is 0.311 e. The lowest BCUT2D eigenvalue weighted by Crippen LogP contribution is -2.60. The molecule has 31 heavy (non-hydrogen) atoms. The van der Waals surface area contributed by atoms with Crippen molar-refractivity contribution in [2.24, 2.45) is 29.1 Å². The van der Waals surface area contributed by atoms with Gasteiger partial charge in [-0.05, 0) is 80.9 Å². The summed E-state index contributed by atoms with van der Waals surface area (Å²) in [7, 11) is -2.37. The molecule has 1 aromatic carbocycles. The van der Waals surface area contributed by atoms with Crippen molar-refractivity contribution in [2.75, 3.05) is 7.11 Å². The molecule has 5 aliphatic carbocycles. The van der Waals surface area contributed by atoms with Crippen molar-refractivity contribution in [2.45, 2.75) is 55.5 Å². The van der Waals surface area contributed by atoms with Crippen LogP contribution in [0.15, 0.2) is 29.2 Å². The average Bonchev–Trinajstić information content (AvgIpc) is 3.44. The van der Waals surface area contributed by atoms with Crippen LogP contribution in [0.25, 0.3) is 0 Å². The maximum atomic E-state index is 13.3. The quantitative estimate of drug-likeness (QED) is 0.496. The van der Waals surface area contributed by atoms with E-state index in [4.69, 9.17) is 16.3 Å². The average molecular weight is 467 g/mol. The lowest BCUT2D eigenvalue weighted by atomic mass is 9.46. The summed E-state index contributed by atoms with van der Waals surface area (Å²) in [5, 5.41) is 3.35. The molecule has 0 aromatic heterocycles. The molecule has 6 rings (SSSR count). The van der Waals surface area contributed by atoms with Gasteiger partial charge >= 0.3 is 5.97 Å². The van der Waals surface area contributed by atoms with Gasteiger partial charge < -0.3 is 10.1 Å². The summed E-state index contributed by atoms with van der Waals surface area (Å²) < 4.78 is 33.4. The minimum Gasteiger partial charge on any atom is -0.469 e. The van der Waals surface area contributed by atoms with Crippen molar-refractivity contribution in [1.29, 1.82) is 0 Å². The van der Waals surface area contributed by atoms with E-state index in [-0.39, 0.29) is 34.5 Å². The molecule has 9 heteroatoms. The Labute approximate surface area is 187 Å². The van der Waals surface area contributed by atoms with Gasteiger partial charge in [-0.3, -0.25) is 9.59 Å². The van der Waals surface area contributed by atoms with Crippen LogP contribution in [0.5, 0.6) is 0 Å². The SMILES string of the molecule is COC(=O)C12CC3CC(C1)C(C(=O)NC1(NS(=O)(=O)c4cccc(Cl)c4)CC1)C(C3)C2. The van der Waals surface area contributed by atoms with Gasteiger partial charge in [0.2, 0.25) is 15.9 Å². The molecule has 5 fully saturated rings. The molecule has 2 unspecified atom stereocenters. The van der Waals surface area contributed by atoms with Crippen molar-refractivity contribution >= 4 is 33.5 Å². The van der Waals surface area contributed by atoms with E-state index < -0.39 is 21.1 Å². The minimum atomic E-state index is -3.81. The van der Waals surface area contributed by atoms with Crippen molar-refractivity contribution < 1.29 is 22.7 Å². The maximum Gasteiger partial charge on any atom is 0.311 e. The Morgan fingerprint density at radius 1 is 1.13 bits per heavy atom. The fourth-order valence-electron chi connectivity index (χ4n) is 6.57. The van der Waals surface area contributed by atoms with Gasteiger partial charge in [0.1, 0.15) is 5.66 Å². The van der Waals surface area contributed by atoms with Gasteiger partial charge in [0.15, 0.2) is 0 Å². The monoisotopic (exact) mass is 466 g/mol. The number of amides is 1. The zero-order valence-electron chi connectivity index (χ0n) is 17.4. The lowest BCUT2D eigenvalue weighted by Gasteiger charge is -2.58. The number of benzene rings is 1. The van der Waals surface area contributed by atoms with Crippen molar-refractivity contribution in [3.63, 3.8) is 0 Å². The van der Waals surface area contributed by atoms with Gasteiger partial charge in [0, 0.05) is 10.9 Å². The summed E-state index contributed by atoms with van der Waals surface area (Å²) in [6.45, 7) is 0. The molecule has 1 amide bonds. The number of rotatable bonds is 6. The van der Waals surface area contributed by atoms with Crippen LogP contribution >= 0.6 is 11.6 Å². The van der Waals surface area contributed by atoms with Crippen molar-refractivity contribution in [3.8, 4) is 0 Å². The van der Waals surface area contributed by atoms with Crippen LogP contribution in [0.2, 0.25) is 5.02 Å². The molecule has 1 aromatic rings. The van der Waals surface area contributed by atoms with Crippen LogP contribution < -0.4 is 10.0 Å². The Balaban J connectivity index is 1.30. The number of carbonyl (C=O) groups is 2. The molecule has 2 N–H and O–H groups in total. The normalized spacial score (nSPS) is 34.9. The van der Waals surface area contributed by atoms with E-state index in [1.165, 1.54) is 19.2 Å². The Hall–Kier alpha value is -1.64. The largest absolute Gasteiger partial charge is 0.469 e. The first kappa shape index (κ1) is 21.2. The third-order valence-electron chi connectivity index (χ3n) is 7.74. The number of hydrogen-bond donors (Lipinski definition) is 2. The predicted octanol–water partition coefficient (Wildman–Crippen LogP) is 2.84. The second kappa shape index (κ2) is 7.18. The van der Waals surface area contributed by atoms with E-state index in [0.29, 0.717) is 36.6 Å². The first-order valence-electron chi connectivity index (χ1n) is 10.9. The number of halogens is 1. The number of hydrogen-bond acceptors (Lipinski definition) is 5. The summed E-state index contributed by atoms with van der Waals surface area (Å²) in [6, 6.07) is 6.07. The number of esters is 1. The van der Waals surface area contributed by atoms with Crippen molar-refractivity contribution in [1.82, 2.24) is 10.0 Å². The zero-order chi connectivity index (χ0) is 22.0. The molecule has 0 saturated heterocycles. The van der Waals surface area contributed by atoms with Gasteiger partial charge in [0.25, 0.3) is 0 Å². The molecule has 4 bridgehead atoms. The van der Waals surface area contributed by atoms with E-state index >= 15 is 0 Å². The Morgan fingerprint density at radius 3 is 2.39 bits per heavy atom. The number of nitrogens with one attached hydrogen (secondary N) is 2. The van der Waals surface area contributed by atoms with E-state index in [0.717, 1.165) is 19.3 Å². The summed E-state index contributed by atoms with van der Waals surface area (Å²) in [6.07, 6.45) is 5.25. The molecule has 5 saturated carbocycles. The van der Waals surface area contributed by atoms with Gasteiger partial charge in [-0.15, -0.1) is 0 Å². The standard InChI is InChI=1S/C22H27ClN2O5S/c1-30-20(27)21-10-13-7-14(11-21)18(15(8-13)12-21)19(26)24-22(5-6-22)25-31(28,29)17-4-2-3-16(23)9-17/h2-4,9,13-15,18,25H,5-8,10-12H2,1H3,(H,24,26). The van der Waals surface area contributed by atoms with Gasteiger partial charge in [-0.25, -0.2) is 8.42 Å². The van der Waals surface area contributed by atoms with Crippen LogP contribution in [-0.4, -0.2) is 33.1 Å². The van der Waals surface area contributed by atoms with Crippen LogP contribution in [0, 0.1) is 29.1 Å². The molecule has 5 aliphatic rings. The van der Waals surface area contributed by atoms with E-state index in [1.807, 2.05) is 0 Å². The second-order valence-corrected chi connectivity index (χ2v) is 12.0. The van der Waals surface area contributed by atoms with Gasteiger partial charge in [-0.2, -0.15) is 4.72 Å². The van der Waals surface area contributed by atoms with Crippen LogP contribution in [0.3, 0.4) is 0 Å². The minimum absolute atomic E-state index is 0.0789. The summed E-state index contributed by atoms with van der Waals surface area (Å²) in [5.74, 6) is 0.342. The highest BCUT2D eigenvalue weighted by Crippen LogP contribution is 2.62. The van der Waals surface area contributed by atoms with Gasteiger partial charge in [-0.1, -0.05) is 17.7 Å². The molecule has 0 spiro atoms. The third-order valence-corrected chi connectivity index (χ3v) is 9.51. The molecule has 0 radical (unpaired) electrons. The number of ether oxygens (including phenoxy) is 1. The van der Waals surface area contributed by atoms with E-state index in [1.54, 1.807) is 12.1 Å². The zero-order valence-corrected chi connectivity index (χ0v) is 19.0. The topological polar surface area (TPSA) is 102 Å². The summed E-state index contributed by atoms with van der Waals surface area (Å²) >= 11 is 5.94. The van der Waals surface area contributed by atoms with E-state index in [9.17, 15) is 18.0 Å². The molecule has 168 valence electrons. The van der Waals surface area contributed by atoms with Crippen molar-refractivity contribution in [3.05, 3.63) is 29.3 Å². The lowest BCUT2D eigenvalue weighted by molar-refractivity contribution is -0.177. The number of sulfonamides is 1. The van der Waals surface area contributed by atoms with Crippen LogP contribution in [0.4, 0.5) is 0 Å². The molecule has 0 aliphatic heterocycles. The first-order chi connectivity index (χ1) is 14.7. The Bertz CT molecular complexity index is 1020. The molecular formula is C22H27ClN2O5S.